The molecule has 0 aliphatic carbocycles. The van der Waals surface area contributed by atoms with Gasteiger partial charge in [-0.3, -0.25) is 4.79 Å². The molecule has 1 aliphatic rings. The van der Waals surface area contributed by atoms with E-state index in [4.69, 9.17) is 4.74 Å². The smallest absolute Gasteiger partial charge is 0.254 e. The first-order valence-electron chi connectivity index (χ1n) is 9.38. The third-order valence-corrected chi connectivity index (χ3v) is 5.16. The predicted molar refractivity (Wildman–Crippen MR) is 104 cm³/mol. The van der Waals surface area contributed by atoms with E-state index in [-0.39, 0.29) is 12.5 Å². The molecular weight excluding hydrogens is 342 g/mol. The average molecular weight is 369 g/mol. The molecular formula is C22H27NO4. The fourth-order valence-electron chi connectivity index (χ4n) is 3.47. The molecule has 2 N–H and O–H groups in total. The van der Waals surface area contributed by atoms with E-state index in [0.29, 0.717) is 38.1 Å². The number of hydrogen-bond acceptors (Lipinski definition) is 4. The molecule has 144 valence electrons. The Morgan fingerprint density at radius 1 is 1.11 bits per heavy atom. The van der Waals surface area contributed by atoms with Crippen molar-refractivity contribution in [3.05, 3.63) is 65.7 Å². The summed E-state index contributed by atoms with van der Waals surface area (Å²) in [6.45, 7) is 2.71. The number of hydrogen-bond donors (Lipinski definition) is 2. The van der Waals surface area contributed by atoms with Crippen molar-refractivity contribution in [3.8, 4) is 5.75 Å². The van der Waals surface area contributed by atoms with Crippen LogP contribution >= 0.6 is 0 Å². The first kappa shape index (κ1) is 19.4. The summed E-state index contributed by atoms with van der Waals surface area (Å²) in [5.41, 5.74) is 1.24. The molecule has 5 heteroatoms. The zero-order chi connectivity index (χ0) is 19.3. The second-order valence-corrected chi connectivity index (χ2v) is 7.30. The zero-order valence-corrected chi connectivity index (χ0v) is 15.7. The molecule has 27 heavy (non-hydrogen) atoms. The molecule has 2 aromatic carbocycles. The number of carbonyl (C=O) groups excluding carboxylic acids is 1. The first-order chi connectivity index (χ1) is 13.0. The molecule has 1 amide bonds. The first-order valence-corrected chi connectivity index (χ1v) is 9.38. The number of benzene rings is 2. The van der Waals surface area contributed by atoms with E-state index in [1.54, 1.807) is 4.90 Å². The fraction of sp³-hybridized carbons (Fsp3) is 0.409. The van der Waals surface area contributed by atoms with Crippen molar-refractivity contribution in [2.75, 3.05) is 19.7 Å². The van der Waals surface area contributed by atoms with Crippen molar-refractivity contribution in [2.24, 2.45) is 0 Å². The molecule has 2 aromatic rings. The summed E-state index contributed by atoms with van der Waals surface area (Å²) < 4.78 is 5.58. The SMILES string of the molecule is Cc1ccccc1OCC(O)C(=O)N1CCC(O)(Cc2ccccc2)CC1. The number of rotatable bonds is 6. The molecule has 3 rings (SSSR count). The van der Waals surface area contributed by atoms with E-state index < -0.39 is 11.7 Å². The van der Waals surface area contributed by atoms with E-state index in [9.17, 15) is 15.0 Å². The lowest BCUT2D eigenvalue weighted by molar-refractivity contribution is -0.145. The fourth-order valence-corrected chi connectivity index (χ4v) is 3.47. The Bertz CT molecular complexity index is 754. The Morgan fingerprint density at radius 2 is 1.74 bits per heavy atom. The highest BCUT2D eigenvalue weighted by atomic mass is 16.5. The Kier molecular flexibility index (Phi) is 6.14. The van der Waals surface area contributed by atoms with Crippen LogP contribution in [0.25, 0.3) is 0 Å². The van der Waals surface area contributed by atoms with Gasteiger partial charge in [0.05, 0.1) is 5.60 Å². The lowest BCUT2D eigenvalue weighted by atomic mass is 9.85. The third kappa shape index (κ3) is 5.08. The molecule has 0 bridgehead atoms. The Balaban J connectivity index is 1.49. The number of amides is 1. The minimum atomic E-state index is -1.20. The van der Waals surface area contributed by atoms with Gasteiger partial charge in [-0.15, -0.1) is 0 Å². The predicted octanol–water partition coefficient (Wildman–Crippen LogP) is 2.33. The monoisotopic (exact) mass is 369 g/mol. The van der Waals surface area contributed by atoms with Crippen molar-refractivity contribution >= 4 is 5.91 Å². The van der Waals surface area contributed by atoms with Gasteiger partial charge in [-0.25, -0.2) is 0 Å². The van der Waals surface area contributed by atoms with E-state index in [0.717, 1.165) is 11.1 Å². The zero-order valence-electron chi connectivity index (χ0n) is 15.7. The Labute approximate surface area is 160 Å². The molecule has 0 aromatic heterocycles. The van der Waals surface area contributed by atoms with Gasteiger partial charge in [-0.1, -0.05) is 48.5 Å². The number of aryl methyl sites for hydroxylation is 1. The highest BCUT2D eigenvalue weighted by Gasteiger charge is 2.35. The number of aliphatic hydroxyl groups is 2. The van der Waals surface area contributed by atoms with Crippen LogP contribution in [0.3, 0.4) is 0 Å². The van der Waals surface area contributed by atoms with Crippen molar-refractivity contribution in [2.45, 2.75) is 37.9 Å². The Hall–Kier alpha value is -2.37. The summed E-state index contributed by atoms with van der Waals surface area (Å²) in [7, 11) is 0. The number of aliphatic hydroxyl groups excluding tert-OH is 1. The van der Waals surface area contributed by atoms with Crippen LogP contribution in [0.4, 0.5) is 0 Å². The number of likely N-dealkylation sites (tertiary alicyclic amines) is 1. The normalized spacial score (nSPS) is 17.4. The number of para-hydroxylation sites is 1. The van der Waals surface area contributed by atoms with Crippen LogP contribution in [0.2, 0.25) is 0 Å². The van der Waals surface area contributed by atoms with Gasteiger partial charge in [0, 0.05) is 19.5 Å². The van der Waals surface area contributed by atoms with Crippen molar-refractivity contribution in [3.63, 3.8) is 0 Å². The van der Waals surface area contributed by atoms with Gasteiger partial charge in [0.25, 0.3) is 5.91 Å². The summed E-state index contributed by atoms with van der Waals surface area (Å²) in [6.07, 6.45) is 0.372. The molecule has 0 radical (unpaired) electrons. The highest BCUT2D eigenvalue weighted by molar-refractivity contribution is 5.81. The van der Waals surface area contributed by atoms with Gasteiger partial charge >= 0.3 is 0 Å². The van der Waals surface area contributed by atoms with Gasteiger partial charge in [0.2, 0.25) is 0 Å². The summed E-state index contributed by atoms with van der Waals surface area (Å²) in [5.74, 6) is 0.325. The molecule has 1 saturated heterocycles. The number of ether oxygens (including phenoxy) is 1. The maximum Gasteiger partial charge on any atom is 0.254 e. The molecule has 0 spiro atoms. The van der Waals surface area contributed by atoms with Crippen LogP contribution in [0, 0.1) is 6.92 Å². The van der Waals surface area contributed by atoms with Crippen molar-refractivity contribution in [1.29, 1.82) is 0 Å². The average Bonchev–Trinajstić information content (AvgIpc) is 2.68. The third-order valence-electron chi connectivity index (χ3n) is 5.16. The summed E-state index contributed by atoms with van der Waals surface area (Å²) in [6, 6.07) is 17.4. The second-order valence-electron chi connectivity index (χ2n) is 7.30. The van der Waals surface area contributed by atoms with E-state index >= 15 is 0 Å². The minimum absolute atomic E-state index is 0.0749. The van der Waals surface area contributed by atoms with Gasteiger partial charge in [-0.05, 0) is 37.0 Å². The van der Waals surface area contributed by atoms with E-state index in [1.165, 1.54) is 0 Å². The molecule has 0 saturated carbocycles. The van der Waals surface area contributed by atoms with Crippen LogP contribution in [0.5, 0.6) is 5.75 Å². The molecule has 1 unspecified atom stereocenters. The largest absolute Gasteiger partial charge is 0.490 e. The highest BCUT2D eigenvalue weighted by Crippen LogP contribution is 2.27. The number of piperidine rings is 1. The van der Waals surface area contributed by atoms with Crippen molar-refractivity contribution < 1.29 is 19.7 Å². The van der Waals surface area contributed by atoms with Gasteiger partial charge < -0.3 is 19.8 Å². The van der Waals surface area contributed by atoms with Crippen LogP contribution in [0.15, 0.2) is 54.6 Å². The lowest BCUT2D eigenvalue weighted by Crippen LogP contribution is -2.51. The van der Waals surface area contributed by atoms with Crippen LogP contribution in [-0.4, -0.2) is 52.4 Å². The maximum absolute atomic E-state index is 12.5. The standard InChI is InChI=1S/C22H27NO4/c1-17-7-5-6-10-20(17)27-16-19(24)21(25)23-13-11-22(26,12-14-23)15-18-8-3-2-4-9-18/h2-10,19,24,26H,11-16H2,1H3. The number of carbonyl (C=O) groups is 1. The minimum Gasteiger partial charge on any atom is -0.490 e. The summed E-state index contributed by atoms with van der Waals surface area (Å²) in [4.78, 5) is 14.1. The van der Waals surface area contributed by atoms with Crippen molar-refractivity contribution in [1.82, 2.24) is 4.90 Å². The van der Waals surface area contributed by atoms with Gasteiger partial charge in [0.1, 0.15) is 12.4 Å². The Morgan fingerprint density at radius 3 is 2.41 bits per heavy atom. The molecule has 1 aliphatic heterocycles. The van der Waals surface area contributed by atoms with E-state index in [1.807, 2.05) is 61.5 Å². The van der Waals surface area contributed by atoms with Crippen LogP contribution < -0.4 is 4.74 Å². The summed E-state index contributed by atoms with van der Waals surface area (Å²) in [5, 5.41) is 21.0. The van der Waals surface area contributed by atoms with Gasteiger partial charge in [0.15, 0.2) is 6.10 Å². The quantitative estimate of drug-likeness (QED) is 0.820. The van der Waals surface area contributed by atoms with Crippen LogP contribution in [0.1, 0.15) is 24.0 Å². The maximum atomic E-state index is 12.5. The second kappa shape index (κ2) is 8.55. The van der Waals surface area contributed by atoms with Crippen LogP contribution in [-0.2, 0) is 11.2 Å². The summed E-state index contributed by atoms with van der Waals surface area (Å²) >= 11 is 0. The molecule has 1 fully saturated rings. The molecule has 5 nitrogen and oxygen atoms in total. The topological polar surface area (TPSA) is 70.0 Å². The lowest BCUT2D eigenvalue weighted by Gasteiger charge is -2.39. The van der Waals surface area contributed by atoms with E-state index in [2.05, 4.69) is 0 Å². The molecule has 1 atom stereocenters. The number of nitrogens with zero attached hydrogens (tertiary/aromatic N) is 1. The van der Waals surface area contributed by atoms with Gasteiger partial charge in [-0.2, -0.15) is 0 Å². The molecule has 1 heterocycles.